The maximum atomic E-state index is 13.4. The fourth-order valence-corrected chi connectivity index (χ4v) is 1.89. The summed E-state index contributed by atoms with van der Waals surface area (Å²) in [6.45, 7) is 0. The number of methoxy groups -OCH3 is 1. The van der Waals surface area contributed by atoms with Gasteiger partial charge in [0, 0.05) is 11.8 Å². The third-order valence-electron chi connectivity index (χ3n) is 2.75. The summed E-state index contributed by atoms with van der Waals surface area (Å²) in [6.07, 6.45) is 1.54. The molecule has 0 amide bonds. The van der Waals surface area contributed by atoms with Gasteiger partial charge in [0.1, 0.15) is 17.3 Å². The first-order chi connectivity index (χ1) is 9.19. The molecule has 7 heteroatoms. The van der Waals surface area contributed by atoms with E-state index in [1.165, 1.54) is 19.2 Å². The minimum absolute atomic E-state index is 0.147. The minimum atomic E-state index is -0.372. The van der Waals surface area contributed by atoms with Crippen LogP contribution in [0.25, 0.3) is 22.3 Å². The molecule has 96 valence electrons. The van der Waals surface area contributed by atoms with Gasteiger partial charge in [-0.2, -0.15) is 10.1 Å². The highest BCUT2D eigenvalue weighted by Gasteiger charge is 2.15. The van der Waals surface area contributed by atoms with Crippen molar-refractivity contribution < 1.29 is 9.13 Å². The number of halogens is 1. The van der Waals surface area contributed by atoms with Gasteiger partial charge in [-0.25, -0.2) is 9.37 Å². The van der Waals surface area contributed by atoms with Crippen molar-refractivity contribution in [3.05, 3.63) is 30.2 Å². The molecule has 3 N–H and O–H groups in total. The smallest absolute Gasteiger partial charge is 0.222 e. The van der Waals surface area contributed by atoms with E-state index in [-0.39, 0.29) is 11.8 Å². The van der Waals surface area contributed by atoms with Crippen LogP contribution in [0.2, 0.25) is 0 Å². The zero-order valence-electron chi connectivity index (χ0n) is 10.0. The molecule has 0 aliphatic rings. The number of H-pyrrole nitrogens is 1. The zero-order valence-corrected chi connectivity index (χ0v) is 10.0. The summed E-state index contributed by atoms with van der Waals surface area (Å²) >= 11 is 0. The van der Waals surface area contributed by atoms with Crippen LogP contribution in [0.15, 0.2) is 24.4 Å². The molecule has 0 saturated carbocycles. The largest absolute Gasteiger partial charge is 0.496 e. The highest BCUT2D eigenvalue weighted by molar-refractivity contribution is 5.92. The SMILES string of the molecule is COc1ccc(F)cc1-c1n[nH]c2nc(N)ncc12. The average Bonchev–Trinajstić information content (AvgIpc) is 2.81. The molecule has 19 heavy (non-hydrogen) atoms. The van der Waals surface area contributed by atoms with Crippen LogP contribution in [0.1, 0.15) is 0 Å². The Morgan fingerprint density at radius 3 is 3.00 bits per heavy atom. The number of nitrogens with zero attached hydrogens (tertiary/aromatic N) is 3. The van der Waals surface area contributed by atoms with Crippen LogP contribution in [0.4, 0.5) is 10.3 Å². The second-order valence-electron chi connectivity index (χ2n) is 3.91. The van der Waals surface area contributed by atoms with Gasteiger partial charge in [0.25, 0.3) is 0 Å². The van der Waals surface area contributed by atoms with E-state index in [9.17, 15) is 4.39 Å². The number of aromatic nitrogens is 4. The molecule has 6 nitrogen and oxygen atoms in total. The fourth-order valence-electron chi connectivity index (χ4n) is 1.89. The van der Waals surface area contributed by atoms with Gasteiger partial charge in [-0.05, 0) is 18.2 Å². The van der Waals surface area contributed by atoms with Gasteiger partial charge in [0.15, 0.2) is 5.65 Å². The van der Waals surface area contributed by atoms with E-state index >= 15 is 0 Å². The summed E-state index contributed by atoms with van der Waals surface area (Å²) in [5.74, 6) is 0.295. The van der Waals surface area contributed by atoms with Crippen LogP contribution in [-0.4, -0.2) is 27.3 Å². The van der Waals surface area contributed by atoms with Crippen LogP contribution < -0.4 is 10.5 Å². The molecule has 0 unspecified atom stereocenters. The molecule has 2 heterocycles. The standard InChI is InChI=1S/C12H10FN5O/c1-19-9-3-2-6(13)4-7(9)10-8-5-15-12(14)16-11(8)18-17-10/h2-5H,1H3,(H3,14,15,16,17,18). The number of nitrogens with one attached hydrogen (secondary N) is 1. The molecule has 1 aromatic carbocycles. The van der Waals surface area contributed by atoms with Gasteiger partial charge < -0.3 is 10.5 Å². The Bertz CT molecular complexity index is 755. The number of rotatable bonds is 2. The summed E-state index contributed by atoms with van der Waals surface area (Å²) in [7, 11) is 1.51. The number of ether oxygens (including phenoxy) is 1. The van der Waals surface area contributed by atoms with Gasteiger partial charge >= 0.3 is 0 Å². The Labute approximate surface area is 107 Å². The third kappa shape index (κ3) is 1.85. The molecule has 3 rings (SSSR count). The molecule has 0 saturated heterocycles. The number of nitrogens with two attached hydrogens (primary N) is 1. The Hall–Kier alpha value is -2.70. The monoisotopic (exact) mass is 259 g/mol. The molecule has 0 aliphatic heterocycles. The Balaban J connectivity index is 2.27. The van der Waals surface area contributed by atoms with Gasteiger partial charge in [-0.1, -0.05) is 0 Å². The van der Waals surface area contributed by atoms with Crippen LogP contribution in [0, 0.1) is 5.82 Å². The van der Waals surface area contributed by atoms with Crippen molar-refractivity contribution in [3.63, 3.8) is 0 Å². The lowest BCUT2D eigenvalue weighted by molar-refractivity contribution is 0.415. The topological polar surface area (TPSA) is 89.7 Å². The molecule has 0 aliphatic carbocycles. The van der Waals surface area contributed by atoms with E-state index in [4.69, 9.17) is 10.5 Å². The fraction of sp³-hybridized carbons (Fsp3) is 0.0833. The highest BCUT2D eigenvalue weighted by Crippen LogP contribution is 2.33. The van der Waals surface area contributed by atoms with Crippen molar-refractivity contribution in [2.45, 2.75) is 0 Å². The first-order valence-electron chi connectivity index (χ1n) is 5.49. The predicted octanol–water partition coefficient (Wildman–Crippen LogP) is 1.75. The summed E-state index contributed by atoms with van der Waals surface area (Å²) < 4.78 is 18.6. The number of hydrogen-bond donors (Lipinski definition) is 2. The maximum Gasteiger partial charge on any atom is 0.222 e. The van der Waals surface area contributed by atoms with E-state index in [1.54, 1.807) is 12.3 Å². The molecule has 0 spiro atoms. The lowest BCUT2D eigenvalue weighted by atomic mass is 10.1. The number of benzene rings is 1. The van der Waals surface area contributed by atoms with Crippen LogP contribution >= 0.6 is 0 Å². The summed E-state index contributed by atoms with van der Waals surface area (Å²) in [5, 5.41) is 7.52. The van der Waals surface area contributed by atoms with Gasteiger partial charge in [-0.3, -0.25) is 5.10 Å². The van der Waals surface area contributed by atoms with Crippen molar-refractivity contribution in [1.29, 1.82) is 0 Å². The molecule has 0 atom stereocenters. The van der Waals surface area contributed by atoms with Crippen molar-refractivity contribution in [1.82, 2.24) is 20.2 Å². The Kier molecular flexibility index (Phi) is 2.52. The van der Waals surface area contributed by atoms with Gasteiger partial charge in [-0.15, -0.1) is 0 Å². The van der Waals surface area contributed by atoms with Crippen molar-refractivity contribution >= 4 is 17.0 Å². The number of hydrogen-bond acceptors (Lipinski definition) is 5. The maximum absolute atomic E-state index is 13.4. The molecule has 0 radical (unpaired) electrons. The molecule has 0 bridgehead atoms. The van der Waals surface area contributed by atoms with Gasteiger partial charge in [0.05, 0.1) is 12.5 Å². The van der Waals surface area contributed by atoms with E-state index in [0.29, 0.717) is 28.0 Å². The normalized spacial score (nSPS) is 10.8. The second kappa shape index (κ2) is 4.20. The molecular formula is C12H10FN5O. The number of nitrogen functional groups attached to an aromatic ring is 1. The molecule has 2 aromatic heterocycles. The second-order valence-corrected chi connectivity index (χ2v) is 3.91. The van der Waals surface area contributed by atoms with E-state index < -0.39 is 0 Å². The minimum Gasteiger partial charge on any atom is -0.496 e. The van der Waals surface area contributed by atoms with E-state index in [1.807, 2.05) is 0 Å². The van der Waals surface area contributed by atoms with E-state index in [2.05, 4.69) is 20.2 Å². The van der Waals surface area contributed by atoms with Crippen LogP contribution in [-0.2, 0) is 0 Å². The number of fused-ring (bicyclic) bond motifs is 1. The average molecular weight is 259 g/mol. The summed E-state index contributed by atoms with van der Waals surface area (Å²) in [4.78, 5) is 7.93. The zero-order chi connectivity index (χ0) is 13.4. The van der Waals surface area contributed by atoms with Crippen LogP contribution in [0.5, 0.6) is 5.75 Å². The Morgan fingerprint density at radius 1 is 1.37 bits per heavy atom. The summed E-state index contributed by atoms with van der Waals surface area (Å²) in [6, 6.07) is 4.22. The highest BCUT2D eigenvalue weighted by atomic mass is 19.1. The third-order valence-corrected chi connectivity index (χ3v) is 2.75. The van der Waals surface area contributed by atoms with Crippen molar-refractivity contribution in [2.24, 2.45) is 0 Å². The molecule has 0 fully saturated rings. The quantitative estimate of drug-likeness (QED) is 0.731. The van der Waals surface area contributed by atoms with Gasteiger partial charge in [0.2, 0.25) is 5.95 Å². The number of aromatic amines is 1. The predicted molar refractivity (Wildman–Crippen MR) is 68.0 cm³/mol. The first kappa shape index (κ1) is 11.4. The van der Waals surface area contributed by atoms with E-state index in [0.717, 1.165) is 0 Å². The first-order valence-corrected chi connectivity index (χ1v) is 5.49. The summed E-state index contributed by atoms with van der Waals surface area (Å²) in [5.41, 5.74) is 7.04. The lowest BCUT2D eigenvalue weighted by Gasteiger charge is -2.06. The van der Waals surface area contributed by atoms with Crippen LogP contribution in [0.3, 0.4) is 0 Å². The molecule has 3 aromatic rings. The van der Waals surface area contributed by atoms with Crippen molar-refractivity contribution in [2.75, 3.05) is 12.8 Å². The number of anilines is 1. The van der Waals surface area contributed by atoms with Crippen molar-refractivity contribution in [3.8, 4) is 17.0 Å². The lowest BCUT2D eigenvalue weighted by Crippen LogP contribution is -1.93. The molecular weight excluding hydrogens is 249 g/mol. The Morgan fingerprint density at radius 2 is 2.21 bits per heavy atom.